The number of aliphatic hydroxyl groups is 1. The third kappa shape index (κ3) is 3.02. The second-order valence-electron chi connectivity index (χ2n) is 8.04. The van der Waals surface area contributed by atoms with E-state index in [1.807, 2.05) is 38.1 Å². The Morgan fingerprint density at radius 1 is 1.37 bits per heavy atom. The predicted octanol–water partition coefficient (Wildman–Crippen LogP) is 3.18. The molecule has 2 fully saturated rings. The molecule has 1 amide bonds. The summed E-state index contributed by atoms with van der Waals surface area (Å²) in [6.45, 7) is 5.20. The van der Waals surface area contributed by atoms with Crippen molar-refractivity contribution in [2.75, 3.05) is 20.2 Å². The summed E-state index contributed by atoms with van der Waals surface area (Å²) < 4.78 is 10.6. The van der Waals surface area contributed by atoms with Crippen LogP contribution in [0.5, 0.6) is 5.75 Å². The summed E-state index contributed by atoms with van der Waals surface area (Å²) >= 11 is 0. The predicted molar refractivity (Wildman–Crippen MR) is 99.6 cm³/mol. The molecule has 3 atom stereocenters. The van der Waals surface area contributed by atoms with Gasteiger partial charge in [0.2, 0.25) is 5.76 Å². The first-order valence-electron chi connectivity index (χ1n) is 9.55. The van der Waals surface area contributed by atoms with Gasteiger partial charge < -0.3 is 19.3 Å². The molecule has 4 rings (SSSR count). The molecule has 27 heavy (non-hydrogen) atoms. The number of carbonyl (C=O) groups is 1. The van der Waals surface area contributed by atoms with E-state index in [1.54, 1.807) is 18.1 Å². The standard InChI is InChI=1S/C21H26N2O4/c1-13(2)18-10-19(27-22-18)20(24)23-11-14-7-8-21(25,17(14)12-23)15-5-4-6-16(9-15)26-3/h4-6,9-10,13-14,17,25H,7-8,11-12H2,1-3H3/t14-,17+,21+/m1/s1. The first-order chi connectivity index (χ1) is 12.9. The molecule has 2 heterocycles. The van der Waals surface area contributed by atoms with Gasteiger partial charge in [0.05, 0.1) is 18.4 Å². The van der Waals surface area contributed by atoms with Crippen LogP contribution in [0.3, 0.4) is 0 Å². The molecule has 6 heteroatoms. The molecule has 0 radical (unpaired) electrons. The van der Waals surface area contributed by atoms with Crippen molar-refractivity contribution in [3.05, 3.63) is 47.3 Å². The zero-order valence-electron chi connectivity index (χ0n) is 16.0. The summed E-state index contributed by atoms with van der Waals surface area (Å²) in [7, 11) is 1.62. The second-order valence-corrected chi connectivity index (χ2v) is 8.04. The Kier molecular flexibility index (Phi) is 4.46. The molecule has 0 unspecified atom stereocenters. The topological polar surface area (TPSA) is 75.8 Å². The van der Waals surface area contributed by atoms with Crippen LogP contribution in [0.15, 0.2) is 34.9 Å². The second kappa shape index (κ2) is 6.68. The molecule has 1 N–H and O–H groups in total. The highest BCUT2D eigenvalue weighted by Crippen LogP contribution is 2.51. The zero-order valence-corrected chi connectivity index (χ0v) is 16.0. The highest BCUT2D eigenvalue weighted by Gasteiger charge is 2.53. The number of hydrogen-bond acceptors (Lipinski definition) is 5. The molecule has 0 bridgehead atoms. The van der Waals surface area contributed by atoms with E-state index < -0.39 is 5.60 Å². The van der Waals surface area contributed by atoms with Crippen LogP contribution in [0.1, 0.15) is 54.4 Å². The average molecular weight is 370 g/mol. The molecular weight excluding hydrogens is 344 g/mol. The monoisotopic (exact) mass is 370 g/mol. The van der Waals surface area contributed by atoms with E-state index in [9.17, 15) is 9.90 Å². The van der Waals surface area contributed by atoms with E-state index >= 15 is 0 Å². The van der Waals surface area contributed by atoms with Gasteiger partial charge in [-0.05, 0) is 42.4 Å². The summed E-state index contributed by atoms with van der Waals surface area (Å²) in [5.74, 6) is 1.39. The summed E-state index contributed by atoms with van der Waals surface area (Å²) in [5.41, 5.74) is 0.717. The molecule has 1 aliphatic heterocycles. The van der Waals surface area contributed by atoms with Crippen LogP contribution in [0, 0.1) is 11.8 Å². The lowest BCUT2D eigenvalue weighted by Crippen LogP contribution is -2.36. The number of rotatable bonds is 4. The molecule has 144 valence electrons. The van der Waals surface area contributed by atoms with E-state index in [0.29, 0.717) is 19.5 Å². The maximum Gasteiger partial charge on any atom is 0.292 e. The quantitative estimate of drug-likeness (QED) is 0.895. The molecule has 1 saturated heterocycles. The summed E-state index contributed by atoms with van der Waals surface area (Å²) in [5, 5.41) is 15.5. The molecule has 0 spiro atoms. The molecule has 1 saturated carbocycles. The van der Waals surface area contributed by atoms with E-state index in [2.05, 4.69) is 5.16 Å². The van der Waals surface area contributed by atoms with Gasteiger partial charge in [0.1, 0.15) is 5.75 Å². The van der Waals surface area contributed by atoms with Gasteiger partial charge in [-0.25, -0.2) is 0 Å². The first kappa shape index (κ1) is 18.0. The van der Waals surface area contributed by atoms with E-state index in [-0.39, 0.29) is 29.4 Å². The van der Waals surface area contributed by atoms with Crippen LogP contribution in [0.25, 0.3) is 0 Å². The average Bonchev–Trinajstić information content (AvgIpc) is 3.38. The summed E-state index contributed by atoms with van der Waals surface area (Å²) in [6.07, 6.45) is 1.60. The molecule has 1 aromatic heterocycles. The first-order valence-corrected chi connectivity index (χ1v) is 9.55. The Bertz CT molecular complexity index is 846. The highest BCUT2D eigenvalue weighted by atomic mass is 16.5. The van der Waals surface area contributed by atoms with Crippen molar-refractivity contribution in [2.45, 2.75) is 38.2 Å². The Morgan fingerprint density at radius 2 is 2.19 bits per heavy atom. The van der Waals surface area contributed by atoms with Crippen molar-refractivity contribution in [3.8, 4) is 5.75 Å². The van der Waals surface area contributed by atoms with Crippen molar-refractivity contribution >= 4 is 5.91 Å². The fraction of sp³-hybridized carbons (Fsp3) is 0.524. The number of likely N-dealkylation sites (tertiary alicyclic amines) is 1. The van der Waals surface area contributed by atoms with Crippen LogP contribution in [0.4, 0.5) is 0 Å². The molecule has 1 aliphatic carbocycles. The van der Waals surface area contributed by atoms with Crippen molar-refractivity contribution in [2.24, 2.45) is 11.8 Å². The van der Waals surface area contributed by atoms with E-state index in [1.165, 1.54) is 0 Å². The normalized spacial score (nSPS) is 27.2. The fourth-order valence-electron chi connectivity index (χ4n) is 4.53. The van der Waals surface area contributed by atoms with Crippen LogP contribution in [-0.4, -0.2) is 41.3 Å². The van der Waals surface area contributed by atoms with Crippen molar-refractivity contribution in [1.82, 2.24) is 10.1 Å². The number of aromatic nitrogens is 1. The van der Waals surface area contributed by atoms with E-state index in [4.69, 9.17) is 9.26 Å². The van der Waals surface area contributed by atoms with Crippen molar-refractivity contribution in [3.63, 3.8) is 0 Å². The fourth-order valence-corrected chi connectivity index (χ4v) is 4.53. The van der Waals surface area contributed by atoms with Gasteiger partial charge in [0.15, 0.2) is 0 Å². The third-order valence-electron chi connectivity index (χ3n) is 6.14. The number of ether oxygens (including phenoxy) is 1. The Balaban J connectivity index is 1.54. The molecule has 2 aromatic rings. The lowest BCUT2D eigenvalue weighted by Gasteiger charge is -2.31. The largest absolute Gasteiger partial charge is 0.497 e. The Labute approximate surface area is 159 Å². The zero-order chi connectivity index (χ0) is 19.2. The van der Waals surface area contributed by atoms with Gasteiger partial charge in [-0.1, -0.05) is 31.1 Å². The van der Waals surface area contributed by atoms with Gasteiger partial charge in [0.25, 0.3) is 5.91 Å². The number of amides is 1. The maximum absolute atomic E-state index is 12.9. The number of methoxy groups -OCH3 is 1. The Morgan fingerprint density at radius 3 is 2.89 bits per heavy atom. The molecule has 1 aromatic carbocycles. The van der Waals surface area contributed by atoms with Crippen LogP contribution in [0.2, 0.25) is 0 Å². The molecular formula is C21H26N2O4. The lowest BCUT2D eigenvalue weighted by molar-refractivity contribution is -0.00621. The smallest absolute Gasteiger partial charge is 0.292 e. The number of fused-ring (bicyclic) bond motifs is 1. The minimum absolute atomic E-state index is 0.0149. The number of benzene rings is 1. The van der Waals surface area contributed by atoms with Gasteiger partial charge in [-0.15, -0.1) is 0 Å². The minimum atomic E-state index is -0.932. The summed E-state index contributed by atoms with van der Waals surface area (Å²) in [6, 6.07) is 9.35. The third-order valence-corrected chi connectivity index (χ3v) is 6.14. The van der Waals surface area contributed by atoms with Gasteiger partial charge in [0, 0.05) is 25.1 Å². The van der Waals surface area contributed by atoms with Crippen molar-refractivity contribution < 1.29 is 19.2 Å². The number of hydrogen-bond donors (Lipinski definition) is 1. The highest BCUT2D eigenvalue weighted by molar-refractivity contribution is 5.91. The molecule has 2 aliphatic rings. The number of carbonyl (C=O) groups excluding carboxylic acids is 1. The summed E-state index contributed by atoms with van der Waals surface area (Å²) in [4.78, 5) is 14.6. The van der Waals surface area contributed by atoms with Gasteiger partial charge >= 0.3 is 0 Å². The minimum Gasteiger partial charge on any atom is -0.497 e. The SMILES string of the molecule is COc1cccc([C@@]2(O)CC[C@@H]3CN(C(=O)c4cc(C(C)C)no4)C[C@@H]32)c1. The van der Waals surface area contributed by atoms with Crippen LogP contribution in [-0.2, 0) is 5.60 Å². The maximum atomic E-state index is 12.9. The van der Waals surface area contributed by atoms with Gasteiger partial charge in [-0.2, -0.15) is 0 Å². The van der Waals surface area contributed by atoms with Gasteiger partial charge in [-0.3, -0.25) is 4.79 Å². The lowest BCUT2D eigenvalue weighted by atomic mass is 9.82. The number of nitrogens with zero attached hydrogens (tertiary/aromatic N) is 2. The van der Waals surface area contributed by atoms with Crippen LogP contribution >= 0.6 is 0 Å². The van der Waals surface area contributed by atoms with Crippen molar-refractivity contribution in [1.29, 1.82) is 0 Å². The van der Waals surface area contributed by atoms with E-state index in [0.717, 1.165) is 23.4 Å². The van der Waals surface area contributed by atoms with Crippen LogP contribution < -0.4 is 4.74 Å². The Hall–Kier alpha value is -2.34. The molecule has 6 nitrogen and oxygen atoms in total.